The second-order valence-electron chi connectivity index (χ2n) is 6.61. The number of benzene rings is 1. The number of nitrogens with zero attached hydrogens (tertiary/aromatic N) is 2. The summed E-state index contributed by atoms with van der Waals surface area (Å²) in [7, 11) is 0. The van der Waals surface area contributed by atoms with Gasteiger partial charge in [0.1, 0.15) is 17.3 Å². The lowest BCUT2D eigenvalue weighted by Gasteiger charge is -2.15. The molecule has 1 aromatic carbocycles. The fourth-order valence-electron chi connectivity index (χ4n) is 3.29. The maximum absolute atomic E-state index is 14.4. The molecule has 3 aromatic rings. The molecule has 0 saturated carbocycles. The first-order valence-electron chi connectivity index (χ1n) is 9.05. The third-order valence-electron chi connectivity index (χ3n) is 4.63. The Hall–Kier alpha value is -3.22. The highest BCUT2D eigenvalue weighted by atomic mass is 19.4. The van der Waals surface area contributed by atoms with Crippen LogP contribution in [0.15, 0.2) is 69.8 Å². The van der Waals surface area contributed by atoms with Crippen molar-refractivity contribution in [1.82, 2.24) is 4.98 Å². The maximum Gasteiger partial charge on any atom is 0.419 e. The molecule has 0 unspecified atom stereocenters. The zero-order valence-electron chi connectivity index (χ0n) is 15.2. The number of allylic oxidation sites excluding steroid dienone is 1. The highest BCUT2D eigenvalue weighted by molar-refractivity contribution is 6.15. The van der Waals surface area contributed by atoms with Gasteiger partial charge in [-0.3, -0.25) is 9.98 Å². The van der Waals surface area contributed by atoms with Crippen LogP contribution in [0.3, 0.4) is 0 Å². The molecule has 1 aliphatic rings. The standard InChI is InChI=1S/C22H16F4N2O/c23-20-17(6-1-7-18(20)22(24,25)26)19-9-8-16(29-19)12-14-4-3-11-28-21(14)15-5-2-10-27-13-15/h1-2,5-10,12-13H,3-4,11H2/b14-12-. The van der Waals surface area contributed by atoms with Gasteiger partial charge in [0.25, 0.3) is 0 Å². The smallest absolute Gasteiger partial charge is 0.419 e. The van der Waals surface area contributed by atoms with Crippen molar-refractivity contribution in [2.75, 3.05) is 6.54 Å². The third kappa shape index (κ3) is 3.99. The molecule has 0 saturated heterocycles. The molecule has 0 atom stereocenters. The van der Waals surface area contributed by atoms with E-state index >= 15 is 0 Å². The van der Waals surface area contributed by atoms with Crippen LogP contribution in [-0.2, 0) is 6.18 Å². The molecule has 0 N–H and O–H groups in total. The summed E-state index contributed by atoms with van der Waals surface area (Å²) in [5.41, 5.74) is 1.09. The van der Waals surface area contributed by atoms with Gasteiger partial charge in [-0.1, -0.05) is 6.07 Å². The normalized spacial score (nSPS) is 16.1. The molecule has 1 aliphatic heterocycles. The zero-order valence-corrected chi connectivity index (χ0v) is 15.2. The van der Waals surface area contributed by atoms with Crippen molar-refractivity contribution in [2.24, 2.45) is 4.99 Å². The minimum Gasteiger partial charge on any atom is -0.457 e. The summed E-state index contributed by atoms with van der Waals surface area (Å²) < 4.78 is 58.9. The summed E-state index contributed by atoms with van der Waals surface area (Å²) in [5, 5.41) is 0. The van der Waals surface area contributed by atoms with E-state index in [4.69, 9.17) is 4.42 Å². The summed E-state index contributed by atoms with van der Waals surface area (Å²) in [4.78, 5) is 8.69. The highest BCUT2D eigenvalue weighted by Gasteiger charge is 2.35. The minimum absolute atomic E-state index is 0.0381. The summed E-state index contributed by atoms with van der Waals surface area (Å²) in [6.45, 7) is 0.709. The third-order valence-corrected chi connectivity index (χ3v) is 4.63. The lowest BCUT2D eigenvalue weighted by molar-refractivity contribution is -0.139. The van der Waals surface area contributed by atoms with Gasteiger partial charge >= 0.3 is 6.18 Å². The van der Waals surface area contributed by atoms with Gasteiger partial charge in [0, 0.05) is 24.5 Å². The molecule has 0 aliphatic carbocycles. The van der Waals surface area contributed by atoms with Crippen LogP contribution in [0.25, 0.3) is 17.4 Å². The van der Waals surface area contributed by atoms with Gasteiger partial charge in [-0.2, -0.15) is 13.2 Å². The fourth-order valence-corrected chi connectivity index (χ4v) is 3.29. The summed E-state index contributed by atoms with van der Waals surface area (Å²) in [6, 6.07) is 9.96. The van der Waals surface area contributed by atoms with Crippen LogP contribution in [0.4, 0.5) is 17.6 Å². The molecule has 2 aromatic heterocycles. The molecule has 0 spiro atoms. The van der Waals surface area contributed by atoms with Crippen molar-refractivity contribution in [2.45, 2.75) is 19.0 Å². The van der Waals surface area contributed by atoms with E-state index in [1.54, 1.807) is 24.5 Å². The molecular formula is C22H16F4N2O. The number of rotatable bonds is 3. The largest absolute Gasteiger partial charge is 0.457 e. The van der Waals surface area contributed by atoms with Crippen LogP contribution in [0.5, 0.6) is 0 Å². The summed E-state index contributed by atoms with van der Waals surface area (Å²) >= 11 is 0. The van der Waals surface area contributed by atoms with Crippen molar-refractivity contribution in [1.29, 1.82) is 0 Å². The average Bonchev–Trinajstić information content (AvgIpc) is 3.16. The Morgan fingerprint density at radius 1 is 1.03 bits per heavy atom. The monoisotopic (exact) mass is 400 g/mol. The average molecular weight is 400 g/mol. The molecule has 7 heteroatoms. The Morgan fingerprint density at radius 3 is 2.66 bits per heavy atom. The van der Waals surface area contributed by atoms with Gasteiger partial charge in [-0.05, 0) is 60.9 Å². The van der Waals surface area contributed by atoms with Gasteiger partial charge < -0.3 is 4.42 Å². The van der Waals surface area contributed by atoms with Gasteiger partial charge in [-0.25, -0.2) is 4.39 Å². The Labute approximate surface area is 164 Å². The predicted octanol–water partition coefficient (Wildman–Crippen LogP) is 6.17. The van der Waals surface area contributed by atoms with E-state index in [1.807, 2.05) is 12.1 Å². The number of hydrogen-bond acceptors (Lipinski definition) is 3. The topological polar surface area (TPSA) is 38.4 Å². The quantitative estimate of drug-likeness (QED) is 0.494. The number of aliphatic imine (C=N–C) groups is 1. The van der Waals surface area contributed by atoms with E-state index in [2.05, 4.69) is 9.98 Å². The first-order valence-corrected chi connectivity index (χ1v) is 9.05. The van der Waals surface area contributed by atoms with Crippen LogP contribution in [0.1, 0.15) is 29.7 Å². The molecule has 3 nitrogen and oxygen atoms in total. The number of alkyl halides is 3. The van der Waals surface area contributed by atoms with Gasteiger partial charge in [0.2, 0.25) is 0 Å². The second-order valence-corrected chi connectivity index (χ2v) is 6.61. The molecule has 3 heterocycles. The fraction of sp³-hybridized carbons (Fsp3) is 0.182. The van der Waals surface area contributed by atoms with Crippen LogP contribution < -0.4 is 0 Å². The van der Waals surface area contributed by atoms with Gasteiger partial charge in [-0.15, -0.1) is 0 Å². The van der Waals surface area contributed by atoms with Crippen LogP contribution >= 0.6 is 0 Å². The SMILES string of the molecule is Fc1c(-c2ccc(/C=C3/CCCN=C3c3cccnc3)o2)cccc1C(F)(F)F. The first kappa shape index (κ1) is 19.1. The van der Waals surface area contributed by atoms with Gasteiger partial charge in [0.05, 0.1) is 16.8 Å². The van der Waals surface area contributed by atoms with Gasteiger partial charge in [0.15, 0.2) is 0 Å². The van der Waals surface area contributed by atoms with Crippen LogP contribution in [0.2, 0.25) is 0 Å². The molecule has 0 radical (unpaired) electrons. The number of furan rings is 1. The van der Waals surface area contributed by atoms with Crippen molar-refractivity contribution < 1.29 is 22.0 Å². The zero-order chi connectivity index (χ0) is 20.4. The van der Waals surface area contributed by atoms with E-state index in [0.29, 0.717) is 18.4 Å². The van der Waals surface area contributed by atoms with Crippen molar-refractivity contribution >= 4 is 11.8 Å². The number of hydrogen-bond donors (Lipinski definition) is 0. The van der Waals surface area contributed by atoms with Crippen LogP contribution in [0, 0.1) is 5.82 Å². The Kier molecular flexibility index (Phi) is 5.05. The van der Waals surface area contributed by atoms with Crippen molar-refractivity contribution in [3.8, 4) is 11.3 Å². The van der Waals surface area contributed by atoms with Crippen LogP contribution in [-0.4, -0.2) is 17.2 Å². The molecule has 29 heavy (non-hydrogen) atoms. The predicted molar refractivity (Wildman–Crippen MR) is 102 cm³/mol. The minimum atomic E-state index is -4.77. The molecule has 148 valence electrons. The van der Waals surface area contributed by atoms with E-state index in [1.165, 1.54) is 12.1 Å². The maximum atomic E-state index is 14.4. The molecule has 0 bridgehead atoms. The number of pyridine rings is 1. The van der Waals surface area contributed by atoms with E-state index < -0.39 is 17.6 Å². The van der Waals surface area contributed by atoms with E-state index in [9.17, 15) is 17.6 Å². The number of aromatic nitrogens is 1. The number of halogens is 4. The van der Waals surface area contributed by atoms with Crippen molar-refractivity contribution in [3.05, 3.63) is 83.1 Å². The molecule has 4 rings (SSSR count). The highest BCUT2D eigenvalue weighted by Crippen LogP contribution is 2.36. The lowest BCUT2D eigenvalue weighted by Crippen LogP contribution is -2.11. The summed E-state index contributed by atoms with van der Waals surface area (Å²) in [6.07, 6.45) is 2.09. The molecule has 0 fully saturated rings. The lowest BCUT2D eigenvalue weighted by atomic mass is 9.96. The van der Waals surface area contributed by atoms with E-state index in [0.717, 1.165) is 35.8 Å². The summed E-state index contributed by atoms with van der Waals surface area (Å²) in [5.74, 6) is -0.884. The Bertz CT molecular complexity index is 1080. The molecule has 0 amide bonds. The van der Waals surface area contributed by atoms with E-state index in [-0.39, 0.29) is 11.3 Å². The second kappa shape index (κ2) is 7.66. The van der Waals surface area contributed by atoms with Crippen molar-refractivity contribution in [3.63, 3.8) is 0 Å². The molecular weight excluding hydrogens is 384 g/mol. The first-order chi connectivity index (χ1) is 13.9. The Balaban J connectivity index is 1.68. The Morgan fingerprint density at radius 2 is 1.90 bits per heavy atom.